The Kier molecular flexibility index (Phi) is 5.18. The van der Waals surface area contributed by atoms with Crippen molar-refractivity contribution in [1.82, 2.24) is 10.3 Å². The van der Waals surface area contributed by atoms with Gasteiger partial charge in [-0.05, 0) is 19.4 Å². The fraction of sp³-hybridized carbons (Fsp3) is 0.385. The van der Waals surface area contributed by atoms with E-state index in [1.54, 1.807) is 12.3 Å². The van der Waals surface area contributed by atoms with Crippen molar-refractivity contribution in [2.75, 3.05) is 6.61 Å². The monoisotopic (exact) mass is 232 g/mol. The van der Waals surface area contributed by atoms with Gasteiger partial charge in [-0.15, -0.1) is 0 Å². The topological polar surface area (TPSA) is 62.2 Å². The van der Waals surface area contributed by atoms with Crippen molar-refractivity contribution in [3.63, 3.8) is 0 Å². The van der Waals surface area contributed by atoms with Gasteiger partial charge < -0.3 is 10.4 Å². The molecule has 1 unspecified atom stereocenters. The second-order valence-corrected chi connectivity index (χ2v) is 3.70. The quantitative estimate of drug-likeness (QED) is 0.763. The average molecular weight is 232 g/mol. The van der Waals surface area contributed by atoms with E-state index in [0.717, 1.165) is 6.42 Å². The van der Waals surface area contributed by atoms with Crippen molar-refractivity contribution in [3.8, 4) is 11.8 Å². The fourth-order valence-electron chi connectivity index (χ4n) is 1.18. The normalized spacial score (nSPS) is 11.2. The maximum atomic E-state index is 11.8. The number of aliphatic hydroxyl groups is 1. The smallest absolute Gasteiger partial charge is 0.253 e. The number of hydrogen-bond acceptors (Lipinski definition) is 3. The fourth-order valence-corrected chi connectivity index (χ4v) is 1.18. The van der Waals surface area contributed by atoms with Crippen molar-refractivity contribution in [2.45, 2.75) is 26.3 Å². The lowest BCUT2D eigenvalue weighted by Crippen LogP contribution is -2.32. The standard InChI is InChI=1S/C13H16N2O2/c1-3-10(2)15-13(17)12-7-11(5-4-6-16)8-14-9-12/h7-10,16H,3,6H2,1-2H3,(H,15,17). The molecule has 0 radical (unpaired) electrons. The van der Waals surface area contributed by atoms with Crippen LogP contribution in [0.1, 0.15) is 36.2 Å². The van der Waals surface area contributed by atoms with Crippen LogP contribution in [0, 0.1) is 11.8 Å². The first-order valence-corrected chi connectivity index (χ1v) is 5.53. The Morgan fingerprint density at radius 2 is 2.35 bits per heavy atom. The summed E-state index contributed by atoms with van der Waals surface area (Å²) in [5, 5.41) is 11.4. The molecule has 0 aliphatic rings. The third kappa shape index (κ3) is 4.25. The van der Waals surface area contributed by atoms with E-state index < -0.39 is 0 Å². The van der Waals surface area contributed by atoms with E-state index in [1.807, 2.05) is 13.8 Å². The molecule has 2 N–H and O–H groups in total. The molecule has 1 aromatic heterocycles. The average Bonchev–Trinajstić information content (AvgIpc) is 2.36. The van der Waals surface area contributed by atoms with Crippen molar-refractivity contribution in [2.24, 2.45) is 0 Å². The van der Waals surface area contributed by atoms with Gasteiger partial charge in [-0.3, -0.25) is 9.78 Å². The number of aromatic nitrogens is 1. The molecule has 0 saturated heterocycles. The second kappa shape index (κ2) is 6.66. The van der Waals surface area contributed by atoms with Gasteiger partial charge in [0.05, 0.1) is 5.56 Å². The molecule has 4 heteroatoms. The molecule has 90 valence electrons. The number of carbonyl (C=O) groups excluding carboxylic acids is 1. The number of pyridine rings is 1. The molecule has 0 bridgehead atoms. The first-order chi connectivity index (χ1) is 8.17. The highest BCUT2D eigenvalue weighted by molar-refractivity contribution is 5.94. The van der Waals surface area contributed by atoms with Crippen LogP contribution >= 0.6 is 0 Å². The van der Waals surface area contributed by atoms with Gasteiger partial charge in [-0.1, -0.05) is 18.8 Å². The maximum Gasteiger partial charge on any atom is 0.253 e. The Balaban J connectivity index is 2.80. The Labute approximate surface area is 101 Å². The van der Waals surface area contributed by atoms with Crippen molar-refractivity contribution < 1.29 is 9.90 Å². The molecule has 0 aliphatic carbocycles. The minimum Gasteiger partial charge on any atom is -0.384 e. The molecule has 1 amide bonds. The minimum absolute atomic E-state index is 0.134. The zero-order valence-corrected chi connectivity index (χ0v) is 10.0. The predicted molar refractivity (Wildman–Crippen MR) is 65.4 cm³/mol. The lowest BCUT2D eigenvalue weighted by Gasteiger charge is -2.10. The Hall–Kier alpha value is -1.86. The second-order valence-electron chi connectivity index (χ2n) is 3.70. The van der Waals surface area contributed by atoms with Crippen LogP contribution in [0.15, 0.2) is 18.5 Å². The van der Waals surface area contributed by atoms with E-state index in [2.05, 4.69) is 22.1 Å². The van der Waals surface area contributed by atoms with Gasteiger partial charge in [0.25, 0.3) is 5.91 Å². The highest BCUT2D eigenvalue weighted by atomic mass is 16.2. The molecule has 4 nitrogen and oxygen atoms in total. The molecule has 0 saturated carbocycles. The van der Waals surface area contributed by atoms with Crippen molar-refractivity contribution in [1.29, 1.82) is 0 Å². The highest BCUT2D eigenvalue weighted by Crippen LogP contribution is 2.02. The Morgan fingerprint density at radius 1 is 1.59 bits per heavy atom. The van der Waals surface area contributed by atoms with Crippen LogP contribution in [0.4, 0.5) is 0 Å². The molecular formula is C13H16N2O2. The highest BCUT2D eigenvalue weighted by Gasteiger charge is 2.08. The summed E-state index contributed by atoms with van der Waals surface area (Å²) in [4.78, 5) is 15.7. The summed E-state index contributed by atoms with van der Waals surface area (Å²) in [6.45, 7) is 3.75. The summed E-state index contributed by atoms with van der Waals surface area (Å²) < 4.78 is 0. The Bertz CT molecular complexity index is 446. The largest absolute Gasteiger partial charge is 0.384 e. The van der Waals surface area contributed by atoms with Crippen molar-refractivity contribution >= 4 is 5.91 Å². The summed E-state index contributed by atoms with van der Waals surface area (Å²) in [5.41, 5.74) is 1.10. The number of amides is 1. The van der Waals surface area contributed by atoms with Crippen LogP contribution in [-0.4, -0.2) is 28.6 Å². The zero-order chi connectivity index (χ0) is 12.7. The summed E-state index contributed by atoms with van der Waals surface area (Å²) in [6.07, 6.45) is 3.94. The first-order valence-electron chi connectivity index (χ1n) is 5.53. The van der Waals surface area contributed by atoms with Gasteiger partial charge in [0.15, 0.2) is 0 Å². The molecular weight excluding hydrogens is 216 g/mol. The van der Waals surface area contributed by atoms with Gasteiger partial charge in [0, 0.05) is 24.0 Å². The van der Waals surface area contributed by atoms with E-state index in [4.69, 9.17) is 5.11 Å². The molecule has 1 rings (SSSR count). The summed E-state index contributed by atoms with van der Waals surface area (Å²) in [6, 6.07) is 1.79. The lowest BCUT2D eigenvalue weighted by atomic mass is 10.2. The summed E-state index contributed by atoms with van der Waals surface area (Å²) in [7, 11) is 0. The SMILES string of the molecule is CCC(C)NC(=O)c1cncc(C#CCO)c1. The van der Waals surface area contributed by atoms with Crippen LogP contribution in [0.5, 0.6) is 0 Å². The number of nitrogens with zero attached hydrogens (tertiary/aromatic N) is 1. The molecule has 0 aliphatic heterocycles. The number of aliphatic hydroxyl groups excluding tert-OH is 1. The number of carbonyl (C=O) groups is 1. The predicted octanol–water partition coefficient (Wildman–Crippen LogP) is 0.954. The van der Waals surface area contributed by atoms with Gasteiger partial charge in [-0.25, -0.2) is 0 Å². The van der Waals surface area contributed by atoms with Crippen LogP contribution in [-0.2, 0) is 0 Å². The summed E-state index contributed by atoms with van der Waals surface area (Å²) in [5.74, 6) is 5.08. The van der Waals surface area contributed by atoms with E-state index in [1.165, 1.54) is 6.20 Å². The third-order valence-electron chi connectivity index (χ3n) is 2.30. The summed E-state index contributed by atoms with van der Waals surface area (Å²) >= 11 is 0. The molecule has 0 aromatic carbocycles. The maximum absolute atomic E-state index is 11.8. The van der Waals surface area contributed by atoms with Crippen LogP contribution < -0.4 is 5.32 Å². The number of rotatable bonds is 3. The van der Waals surface area contributed by atoms with Gasteiger partial charge in [0.1, 0.15) is 6.61 Å². The molecule has 1 aromatic rings. The van der Waals surface area contributed by atoms with Gasteiger partial charge >= 0.3 is 0 Å². The van der Waals surface area contributed by atoms with Crippen molar-refractivity contribution in [3.05, 3.63) is 29.6 Å². The lowest BCUT2D eigenvalue weighted by molar-refractivity contribution is 0.0939. The molecule has 0 spiro atoms. The van der Waals surface area contributed by atoms with Gasteiger partial charge in [0.2, 0.25) is 0 Å². The number of hydrogen-bond donors (Lipinski definition) is 2. The van der Waals surface area contributed by atoms with E-state index in [9.17, 15) is 4.79 Å². The van der Waals surface area contributed by atoms with E-state index in [0.29, 0.717) is 11.1 Å². The van der Waals surface area contributed by atoms with Gasteiger partial charge in [-0.2, -0.15) is 0 Å². The number of nitrogens with one attached hydrogen (secondary N) is 1. The Morgan fingerprint density at radius 3 is 3.00 bits per heavy atom. The molecule has 1 heterocycles. The van der Waals surface area contributed by atoms with E-state index in [-0.39, 0.29) is 18.6 Å². The third-order valence-corrected chi connectivity index (χ3v) is 2.30. The van der Waals surface area contributed by atoms with Crippen LogP contribution in [0.3, 0.4) is 0 Å². The molecule has 17 heavy (non-hydrogen) atoms. The zero-order valence-electron chi connectivity index (χ0n) is 10.0. The van der Waals surface area contributed by atoms with Crippen LogP contribution in [0.2, 0.25) is 0 Å². The minimum atomic E-state index is -0.205. The van der Waals surface area contributed by atoms with E-state index >= 15 is 0 Å². The first kappa shape index (κ1) is 13.2. The molecule has 0 fully saturated rings. The van der Waals surface area contributed by atoms with Crippen LogP contribution in [0.25, 0.3) is 0 Å². The molecule has 1 atom stereocenters.